The maximum Gasteiger partial charge on any atom is 1.00 e. The van der Waals surface area contributed by atoms with Gasteiger partial charge in [-0.15, -0.1) is 43.8 Å². The number of hydrogen-bond acceptors (Lipinski definition) is 20. The largest absolute Gasteiger partial charge is 1.00 e. The van der Waals surface area contributed by atoms with Crippen LogP contribution >= 0.6 is 0 Å². The number of nitrogens with zero attached hydrogens (tertiary/aromatic N) is 2. The van der Waals surface area contributed by atoms with Crippen molar-refractivity contribution in [3.63, 3.8) is 0 Å². The average Bonchev–Trinajstić information content (AvgIpc) is 3.19. The van der Waals surface area contributed by atoms with E-state index in [0.29, 0.717) is 22.7 Å². The Bertz CT molecular complexity index is 2180. The van der Waals surface area contributed by atoms with Gasteiger partial charge in [0.2, 0.25) is 0 Å². The molecule has 22 N–H and O–H groups in total. The van der Waals surface area contributed by atoms with E-state index in [-0.39, 0.29) is 217 Å². The molecule has 0 radical (unpaired) electrons. The fourth-order valence-electron chi connectivity index (χ4n) is 3.93. The summed E-state index contributed by atoms with van der Waals surface area (Å²) in [6.07, 6.45) is 3.09. The van der Waals surface area contributed by atoms with Gasteiger partial charge in [0.25, 0.3) is 0 Å². The van der Waals surface area contributed by atoms with Gasteiger partial charge in [-0.25, -0.2) is 28.8 Å². The van der Waals surface area contributed by atoms with E-state index in [0.717, 1.165) is 36.4 Å². The van der Waals surface area contributed by atoms with Crippen molar-refractivity contribution in [2.75, 3.05) is 46.1 Å². The zero-order chi connectivity index (χ0) is 48.1. The molecule has 32 heteroatoms. The maximum atomic E-state index is 11.0. The summed E-state index contributed by atoms with van der Waals surface area (Å²) in [6.45, 7) is 0. The first-order valence-electron chi connectivity index (χ1n) is 15.7. The van der Waals surface area contributed by atoms with Gasteiger partial charge in [-0.1, -0.05) is 0 Å². The van der Waals surface area contributed by atoms with Crippen LogP contribution in [0.1, 0.15) is 62.1 Å². The number of aromatic nitrogens is 2. The zero-order valence-corrected chi connectivity index (χ0v) is 47.4. The van der Waals surface area contributed by atoms with Crippen LogP contribution in [0.4, 0.5) is 34.4 Å². The van der Waals surface area contributed by atoms with Crippen molar-refractivity contribution in [2.24, 2.45) is 0 Å². The fraction of sp³-hybridized carbons (Fsp3) is 0. The summed E-state index contributed by atoms with van der Waals surface area (Å²) in [4.78, 5) is 62.2. The second-order valence-corrected chi connectivity index (χ2v) is 11.2. The second kappa shape index (κ2) is 31.5. The molecule has 2 heterocycles. The Morgan fingerprint density at radius 2 is 0.500 bits per heavy atom. The fourth-order valence-corrected chi connectivity index (χ4v) is 3.93. The molecule has 330 valence electrons. The molecule has 0 amide bonds. The molecule has 5 aromatic rings. The molecule has 0 aliphatic rings. The first-order chi connectivity index (χ1) is 28.6. The third-order valence-electron chi connectivity index (χ3n) is 7.28. The molecule has 28 nitrogen and oxygen atoms in total. The Morgan fingerprint density at radius 3 is 0.621 bits per heavy atom. The van der Waals surface area contributed by atoms with Crippen LogP contribution in [-0.4, -0.2) is 66.5 Å². The number of hydrogen-bond donors (Lipinski definition) is 14. The summed E-state index contributed by atoms with van der Waals surface area (Å²) in [5.74, 6) is -5.91. The number of nitrogens with two attached hydrogens (primary N) is 8. The Balaban J connectivity index is -0.000000361. The van der Waals surface area contributed by atoms with Crippen molar-refractivity contribution in [2.45, 2.75) is 0 Å². The van der Waals surface area contributed by atoms with E-state index in [9.17, 15) is 59.4 Å². The number of nitrogen functional groups attached to an aromatic ring is 8. The minimum absolute atomic E-state index is 0. The number of carboxylic acid groups (broad SMARTS) is 6. The minimum Gasteiger partial charge on any atom is -0.872 e. The van der Waals surface area contributed by atoms with Crippen molar-refractivity contribution in [1.29, 1.82) is 0 Å². The molecule has 3 aromatic carbocycles. The molecule has 0 saturated carbocycles. The molecule has 0 fully saturated rings. The van der Waals surface area contributed by atoms with Gasteiger partial charge in [0, 0.05) is 12.1 Å². The number of carbonyl (C=O) groups is 6. The third-order valence-corrected chi connectivity index (χ3v) is 7.28. The van der Waals surface area contributed by atoms with Gasteiger partial charge in [-0.2, -0.15) is 0 Å². The molecular formula is C34H32K4N10O18. The Hall–Kier alpha value is -3.47. The summed E-state index contributed by atoms with van der Waals surface area (Å²) >= 11 is 0. The number of benzene rings is 3. The molecule has 5 rings (SSSR count). The molecule has 0 aliphatic heterocycles. The predicted molar refractivity (Wildman–Crippen MR) is 198 cm³/mol. The van der Waals surface area contributed by atoms with E-state index < -0.39 is 104 Å². The SMILES string of the molecule is Nc1cc[n+](N)c(N)c1N.Nc1cc[n+](N)c(N)c1N.O=C(O)c1ccc(C(=O)O)c([O-])c1[O-].O=C(O)c1ccc(C(=O)O)c([O-])c1[O-].O=C(O)c1ccc(C(=O)O)c([O-])c1[O-].[K+].[K+].[K+].[K+]. The Labute approximate surface area is 540 Å². The van der Waals surface area contributed by atoms with Gasteiger partial charge < -0.3 is 84.2 Å². The summed E-state index contributed by atoms with van der Waals surface area (Å²) in [5.41, 5.74) is 29.7. The van der Waals surface area contributed by atoms with Crippen LogP contribution in [0.3, 0.4) is 0 Å². The molecule has 0 atom stereocenters. The van der Waals surface area contributed by atoms with E-state index in [1.54, 1.807) is 24.5 Å². The van der Waals surface area contributed by atoms with Crippen LogP contribution in [0, 0.1) is 0 Å². The molecule has 0 bridgehead atoms. The van der Waals surface area contributed by atoms with Crippen molar-refractivity contribution >= 4 is 70.2 Å². The Morgan fingerprint density at radius 1 is 0.348 bits per heavy atom. The number of carboxylic acids is 6. The van der Waals surface area contributed by atoms with Crippen molar-refractivity contribution in [3.8, 4) is 34.5 Å². The van der Waals surface area contributed by atoms with Crippen LogP contribution in [-0.2, 0) is 0 Å². The van der Waals surface area contributed by atoms with Crippen LogP contribution in [0.5, 0.6) is 34.5 Å². The zero-order valence-electron chi connectivity index (χ0n) is 34.9. The molecule has 0 unspecified atom stereocenters. The van der Waals surface area contributed by atoms with Gasteiger partial charge in [0.1, 0.15) is 23.8 Å². The topological polar surface area (TPSA) is 578 Å². The normalized spacial score (nSPS) is 9.09. The molecule has 0 spiro atoms. The van der Waals surface area contributed by atoms with E-state index in [1.165, 1.54) is 9.35 Å². The molecule has 2 aromatic heterocycles. The summed E-state index contributed by atoms with van der Waals surface area (Å²) in [6, 6.07) is 7.98. The predicted octanol–water partition coefficient (Wildman–Crippen LogP) is -17.4. The molecule has 66 heavy (non-hydrogen) atoms. The van der Waals surface area contributed by atoms with Crippen molar-refractivity contribution < 1.29 is 305 Å². The van der Waals surface area contributed by atoms with Gasteiger partial charge >= 0.3 is 253 Å². The van der Waals surface area contributed by atoms with Crippen LogP contribution in [0.2, 0.25) is 0 Å². The number of aromatic carboxylic acids is 6. The summed E-state index contributed by atoms with van der Waals surface area (Å²) in [5, 5.41) is 116. The molecule has 0 aliphatic carbocycles. The van der Waals surface area contributed by atoms with Crippen LogP contribution < -0.4 is 292 Å². The Kier molecular flexibility index (Phi) is 33.0. The van der Waals surface area contributed by atoms with E-state index in [2.05, 4.69) is 0 Å². The standard InChI is InChI=1S/3C8H6O6.2C5H9N5.4K/c3*9-5-3(7(11)12)1-2-4(6(5)10)8(13)14;2*6-3-1-2-10(9)5(8)4(3)7;;;;/h3*1-2,9-10H,(H,11,12)(H,13,14);2*1-2H,7,9H2,(H3,6,8);;;;/q;;;;;4*+1/p-4. The van der Waals surface area contributed by atoms with E-state index in [4.69, 9.17) is 76.7 Å². The van der Waals surface area contributed by atoms with E-state index in [1.807, 2.05) is 0 Å². The average molecular weight is 1030 g/mol. The van der Waals surface area contributed by atoms with Crippen LogP contribution in [0.25, 0.3) is 0 Å². The number of anilines is 6. The summed E-state index contributed by atoms with van der Waals surface area (Å²) in [7, 11) is 0. The van der Waals surface area contributed by atoms with Crippen molar-refractivity contribution in [3.05, 3.63) is 94.3 Å². The first-order valence-corrected chi connectivity index (χ1v) is 15.7. The second-order valence-electron chi connectivity index (χ2n) is 11.2. The van der Waals surface area contributed by atoms with E-state index >= 15 is 0 Å². The smallest absolute Gasteiger partial charge is 0.872 e. The molecular weight excluding hydrogens is 993 g/mol. The monoisotopic (exact) mass is 1020 g/mol. The van der Waals surface area contributed by atoms with Gasteiger partial charge in [-0.05, 0) is 36.4 Å². The number of pyridine rings is 2. The summed E-state index contributed by atoms with van der Waals surface area (Å²) < 4.78 is 2.43. The van der Waals surface area contributed by atoms with Gasteiger partial charge in [0.15, 0.2) is 0 Å². The molecule has 0 saturated heterocycles. The van der Waals surface area contributed by atoms with Crippen LogP contribution in [0.15, 0.2) is 60.9 Å². The van der Waals surface area contributed by atoms with Crippen molar-refractivity contribution in [1.82, 2.24) is 0 Å². The van der Waals surface area contributed by atoms with Gasteiger partial charge in [-0.3, -0.25) is 23.2 Å². The number of rotatable bonds is 6. The first kappa shape index (κ1) is 69.1. The third kappa shape index (κ3) is 19.3. The maximum absolute atomic E-state index is 11.0. The van der Waals surface area contributed by atoms with Gasteiger partial charge in [0.05, 0.1) is 44.8 Å². The minimum atomic E-state index is -1.55. The quantitative estimate of drug-likeness (QED) is 0.0427.